The molecule has 0 unspecified atom stereocenters. The van der Waals surface area contributed by atoms with Gasteiger partial charge in [-0.05, 0) is 50.4 Å². The Morgan fingerprint density at radius 1 is 1.19 bits per heavy atom. The van der Waals surface area contributed by atoms with Gasteiger partial charge >= 0.3 is 0 Å². The number of hydrogen-bond acceptors (Lipinski definition) is 8. The average Bonchev–Trinajstić information content (AvgIpc) is 3.63. The first-order chi connectivity index (χ1) is 17.4. The number of benzene rings is 1. The van der Waals surface area contributed by atoms with Gasteiger partial charge in [-0.1, -0.05) is 17.7 Å². The topological polar surface area (TPSA) is 129 Å². The van der Waals surface area contributed by atoms with Gasteiger partial charge in [0.1, 0.15) is 6.07 Å². The van der Waals surface area contributed by atoms with E-state index in [0.717, 1.165) is 24.1 Å². The monoisotopic (exact) mass is 526 g/mol. The van der Waals surface area contributed by atoms with E-state index in [4.69, 9.17) is 11.6 Å². The summed E-state index contributed by atoms with van der Waals surface area (Å²) < 4.78 is 28.2. The normalized spacial score (nSPS) is 17.1. The molecule has 3 aromatic rings. The fourth-order valence-corrected chi connectivity index (χ4v) is 6.56. The number of aromatic nitrogens is 4. The number of nitrogens with zero attached hydrogens (tertiary/aromatic N) is 6. The molecule has 2 aliphatic rings. The van der Waals surface area contributed by atoms with Crippen molar-refractivity contribution >= 4 is 27.6 Å². The van der Waals surface area contributed by atoms with Crippen molar-refractivity contribution in [3.05, 3.63) is 52.9 Å². The third kappa shape index (κ3) is 5.08. The number of piperidine rings is 1. The predicted molar refractivity (Wildman–Crippen MR) is 137 cm³/mol. The van der Waals surface area contributed by atoms with Gasteiger partial charge in [0, 0.05) is 37.4 Å². The number of rotatable bonds is 8. The highest BCUT2D eigenvalue weighted by Crippen LogP contribution is 2.33. The molecule has 2 aromatic heterocycles. The number of anilines is 1. The van der Waals surface area contributed by atoms with Crippen LogP contribution in [0, 0.1) is 11.3 Å². The first-order valence-electron chi connectivity index (χ1n) is 11.9. The van der Waals surface area contributed by atoms with Crippen LogP contribution < -0.4 is 10.6 Å². The Balaban J connectivity index is 1.32. The van der Waals surface area contributed by atoms with Crippen molar-refractivity contribution in [2.75, 3.05) is 25.5 Å². The van der Waals surface area contributed by atoms with E-state index in [1.165, 1.54) is 6.20 Å². The molecule has 0 bridgehead atoms. The molecule has 10 nitrogen and oxygen atoms in total. The molecule has 36 heavy (non-hydrogen) atoms. The second-order valence-electron chi connectivity index (χ2n) is 9.12. The smallest absolute Gasteiger partial charge is 0.223 e. The first-order valence-corrected chi connectivity index (χ1v) is 13.8. The SMILES string of the molecule is CNCc1ccc(-n2cc(-c3nc(NC4CCN(S(=O)(=O)C5CC5)CC4)ncc3C#N)cn2)c(Cl)c1. The zero-order chi connectivity index (χ0) is 25.3. The highest BCUT2D eigenvalue weighted by molar-refractivity contribution is 7.90. The molecule has 1 aliphatic carbocycles. The minimum Gasteiger partial charge on any atom is -0.351 e. The fraction of sp³-hybridized carbons (Fsp3) is 0.417. The van der Waals surface area contributed by atoms with Crippen molar-refractivity contribution in [2.24, 2.45) is 0 Å². The van der Waals surface area contributed by atoms with E-state index in [1.54, 1.807) is 21.4 Å². The molecule has 1 aromatic carbocycles. The van der Waals surface area contributed by atoms with Crippen molar-refractivity contribution in [3.63, 3.8) is 0 Å². The second-order valence-corrected chi connectivity index (χ2v) is 11.7. The summed E-state index contributed by atoms with van der Waals surface area (Å²) in [4.78, 5) is 8.92. The van der Waals surface area contributed by atoms with Crippen molar-refractivity contribution in [2.45, 2.75) is 43.5 Å². The van der Waals surface area contributed by atoms with Crippen LogP contribution in [0.4, 0.5) is 5.95 Å². The molecule has 1 aliphatic heterocycles. The van der Waals surface area contributed by atoms with Crippen molar-refractivity contribution in [3.8, 4) is 23.0 Å². The largest absolute Gasteiger partial charge is 0.351 e. The molecular weight excluding hydrogens is 500 g/mol. The average molecular weight is 527 g/mol. The summed E-state index contributed by atoms with van der Waals surface area (Å²) in [5.74, 6) is 0.398. The van der Waals surface area contributed by atoms with E-state index in [-0.39, 0.29) is 11.3 Å². The summed E-state index contributed by atoms with van der Waals surface area (Å²) in [6.45, 7) is 1.68. The number of sulfonamides is 1. The quantitative estimate of drug-likeness (QED) is 0.458. The van der Waals surface area contributed by atoms with E-state index >= 15 is 0 Å². The lowest BCUT2D eigenvalue weighted by atomic mass is 10.1. The molecule has 2 N–H and O–H groups in total. The minimum atomic E-state index is -3.15. The lowest BCUT2D eigenvalue weighted by Crippen LogP contribution is -2.43. The molecule has 12 heteroatoms. The van der Waals surface area contributed by atoms with Crippen LogP contribution in [-0.4, -0.2) is 63.9 Å². The van der Waals surface area contributed by atoms with Crippen LogP contribution in [0.25, 0.3) is 16.9 Å². The number of nitrogens with one attached hydrogen (secondary N) is 2. The van der Waals surface area contributed by atoms with Gasteiger partial charge in [-0.15, -0.1) is 0 Å². The Labute approximate surface area is 215 Å². The highest BCUT2D eigenvalue weighted by atomic mass is 35.5. The Morgan fingerprint density at radius 2 is 1.97 bits per heavy atom. The van der Waals surface area contributed by atoms with E-state index in [2.05, 4.69) is 31.8 Å². The maximum absolute atomic E-state index is 12.5. The Morgan fingerprint density at radius 3 is 2.64 bits per heavy atom. The zero-order valence-electron chi connectivity index (χ0n) is 19.9. The van der Waals surface area contributed by atoms with Crippen LogP contribution in [0.15, 0.2) is 36.8 Å². The summed E-state index contributed by atoms with van der Waals surface area (Å²) in [5.41, 5.74) is 3.26. The predicted octanol–water partition coefficient (Wildman–Crippen LogP) is 2.94. The summed E-state index contributed by atoms with van der Waals surface area (Å²) in [6, 6.07) is 7.97. The van der Waals surface area contributed by atoms with Gasteiger partial charge in [0.15, 0.2) is 0 Å². The molecule has 0 atom stereocenters. The maximum Gasteiger partial charge on any atom is 0.223 e. The Hall–Kier alpha value is -3.04. The number of nitriles is 1. The fourth-order valence-electron chi connectivity index (χ4n) is 4.39. The van der Waals surface area contributed by atoms with Crippen LogP contribution in [0.3, 0.4) is 0 Å². The summed E-state index contributed by atoms with van der Waals surface area (Å²) in [6.07, 6.45) is 7.81. The van der Waals surface area contributed by atoms with Crippen molar-refractivity contribution in [1.82, 2.24) is 29.4 Å². The third-order valence-corrected chi connectivity index (χ3v) is 9.20. The highest BCUT2D eigenvalue weighted by Gasteiger charge is 2.41. The molecule has 188 valence electrons. The van der Waals surface area contributed by atoms with Crippen LogP contribution >= 0.6 is 11.6 Å². The Kier molecular flexibility index (Phi) is 6.94. The van der Waals surface area contributed by atoms with Gasteiger partial charge in [0.25, 0.3) is 0 Å². The van der Waals surface area contributed by atoms with Gasteiger partial charge in [-0.3, -0.25) is 0 Å². The van der Waals surface area contributed by atoms with Crippen molar-refractivity contribution in [1.29, 1.82) is 5.26 Å². The number of hydrogen-bond donors (Lipinski definition) is 2. The maximum atomic E-state index is 12.5. The Bertz CT molecular complexity index is 1410. The molecule has 1 saturated carbocycles. The van der Waals surface area contributed by atoms with E-state index in [1.807, 2.05) is 25.2 Å². The van der Waals surface area contributed by atoms with Gasteiger partial charge in [-0.25, -0.2) is 27.4 Å². The molecular formula is C24H27ClN8O2S. The molecule has 2 fully saturated rings. The van der Waals surface area contributed by atoms with Crippen LogP contribution in [0.5, 0.6) is 0 Å². The molecule has 5 rings (SSSR count). The zero-order valence-corrected chi connectivity index (χ0v) is 21.4. The van der Waals surface area contributed by atoms with Crippen LogP contribution in [0.1, 0.15) is 36.8 Å². The van der Waals surface area contributed by atoms with Crippen LogP contribution in [0.2, 0.25) is 5.02 Å². The third-order valence-electron chi connectivity index (χ3n) is 6.50. The summed E-state index contributed by atoms with van der Waals surface area (Å²) in [5, 5.41) is 20.9. The molecule has 3 heterocycles. The molecule has 0 amide bonds. The van der Waals surface area contributed by atoms with Gasteiger partial charge in [0.2, 0.25) is 16.0 Å². The van der Waals surface area contributed by atoms with Gasteiger partial charge < -0.3 is 10.6 Å². The van der Waals surface area contributed by atoms with Crippen molar-refractivity contribution < 1.29 is 8.42 Å². The standard InChI is InChI=1S/C24H27ClN8O2S/c1-27-12-16-2-5-22(21(25)10-16)33-15-18(14-29-33)23-17(11-26)13-28-24(31-23)30-19-6-8-32(9-7-19)36(34,35)20-3-4-20/h2,5,10,13-15,19-20,27H,3-4,6-9,12H2,1H3,(H,28,30,31). The molecule has 1 saturated heterocycles. The van der Waals surface area contributed by atoms with E-state index in [0.29, 0.717) is 60.3 Å². The first kappa shape index (κ1) is 24.6. The summed E-state index contributed by atoms with van der Waals surface area (Å²) >= 11 is 6.49. The van der Waals surface area contributed by atoms with Gasteiger partial charge in [-0.2, -0.15) is 10.4 Å². The lowest BCUT2D eigenvalue weighted by Gasteiger charge is -2.31. The lowest BCUT2D eigenvalue weighted by molar-refractivity contribution is 0.328. The summed E-state index contributed by atoms with van der Waals surface area (Å²) in [7, 11) is -1.27. The molecule has 0 radical (unpaired) electrons. The number of halogens is 1. The van der Waals surface area contributed by atoms with Crippen LogP contribution in [-0.2, 0) is 16.6 Å². The molecule has 0 spiro atoms. The minimum absolute atomic E-state index is 0.0501. The second kappa shape index (κ2) is 10.1. The van der Waals surface area contributed by atoms with E-state index < -0.39 is 10.0 Å². The van der Waals surface area contributed by atoms with Gasteiger partial charge in [0.05, 0.1) is 39.6 Å². The van der Waals surface area contributed by atoms with E-state index in [9.17, 15) is 13.7 Å².